The third-order valence-electron chi connectivity index (χ3n) is 2.91. The number of anilines is 1. The first kappa shape index (κ1) is 10.5. The van der Waals surface area contributed by atoms with Crippen molar-refractivity contribution in [3.05, 3.63) is 29.8 Å². The molecule has 1 aromatic carbocycles. The average Bonchev–Trinajstić information content (AvgIpc) is 2.18. The second-order valence-electron chi connectivity index (χ2n) is 4.26. The molecule has 1 saturated heterocycles. The van der Waals surface area contributed by atoms with Crippen LogP contribution in [0, 0.1) is 0 Å². The van der Waals surface area contributed by atoms with Crippen molar-refractivity contribution >= 4 is 5.69 Å². The van der Waals surface area contributed by atoms with Crippen LogP contribution in [0.1, 0.15) is 18.4 Å². The zero-order valence-corrected chi connectivity index (χ0v) is 8.78. The van der Waals surface area contributed by atoms with Crippen LogP contribution in [0.3, 0.4) is 0 Å². The molecule has 0 atom stereocenters. The molecule has 1 aliphatic rings. The maximum atomic E-state index is 10.3. The van der Waals surface area contributed by atoms with Gasteiger partial charge in [-0.1, -0.05) is 12.1 Å². The first-order valence-electron chi connectivity index (χ1n) is 5.33. The number of nitrogens with two attached hydrogens (primary N) is 1. The van der Waals surface area contributed by atoms with Gasteiger partial charge in [0.15, 0.2) is 0 Å². The molecule has 1 aliphatic heterocycles. The van der Waals surface area contributed by atoms with Crippen molar-refractivity contribution in [3.8, 4) is 0 Å². The van der Waals surface area contributed by atoms with Crippen molar-refractivity contribution in [1.82, 2.24) is 0 Å². The Morgan fingerprint density at radius 3 is 2.73 bits per heavy atom. The van der Waals surface area contributed by atoms with E-state index in [1.54, 1.807) is 0 Å². The summed E-state index contributed by atoms with van der Waals surface area (Å²) in [5.74, 6) is 0. The highest BCUT2D eigenvalue weighted by Crippen LogP contribution is 2.25. The van der Waals surface area contributed by atoms with Crippen LogP contribution in [0.15, 0.2) is 24.3 Å². The molecule has 3 N–H and O–H groups in total. The number of rotatable bonds is 2. The van der Waals surface area contributed by atoms with Crippen LogP contribution in [0.25, 0.3) is 0 Å². The second-order valence-corrected chi connectivity index (χ2v) is 4.26. The third kappa shape index (κ3) is 2.70. The number of aliphatic hydroxyl groups is 1. The van der Waals surface area contributed by atoms with Crippen LogP contribution in [-0.2, 0) is 11.2 Å². The summed E-state index contributed by atoms with van der Waals surface area (Å²) in [5, 5.41) is 10.3. The lowest BCUT2D eigenvalue weighted by Gasteiger charge is -2.32. The smallest absolute Gasteiger partial charge is 0.0731 e. The molecular weight excluding hydrogens is 190 g/mol. The number of benzene rings is 1. The second kappa shape index (κ2) is 4.21. The van der Waals surface area contributed by atoms with Crippen molar-refractivity contribution in [3.63, 3.8) is 0 Å². The Kier molecular flexibility index (Phi) is 2.93. The highest BCUT2D eigenvalue weighted by molar-refractivity contribution is 5.41. The number of hydrogen-bond acceptors (Lipinski definition) is 3. The molecule has 82 valence electrons. The summed E-state index contributed by atoms with van der Waals surface area (Å²) in [7, 11) is 0. The maximum Gasteiger partial charge on any atom is 0.0731 e. The normalized spacial score (nSPS) is 20.1. The van der Waals surface area contributed by atoms with Crippen molar-refractivity contribution in [2.45, 2.75) is 24.9 Å². The van der Waals surface area contributed by atoms with Gasteiger partial charge in [-0.2, -0.15) is 0 Å². The zero-order valence-electron chi connectivity index (χ0n) is 8.78. The van der Waals surface area contributed by atoms with E-state index in [2.05, 4.69) is 0 Å². The predicted molar refractivity (Wildman–Crippen MR) is 59.6 cm³/mol. The van der Waals surface area contributed by atoms with E-state index < -0.39 is 5.60 Å². The summed E-state index contributed by atoms with van der Waals surface area (Å²) in [6.45, 7) is 1.30. The molecule has 1 fully saturated rings. The Hall–Kier alpha value is -1.06. The Balaban J connectivity index is 2.06. The molecule has 2 rings (SSSR count). The molecule has 0 unspecified atom stereocenters. The summed E-state index contributed by atoms with van der Waals surface area (Å²) in [6, 6.07) is 7.71. The lowest BCUT2D eigenvalue weighted by atomic mass is 9.87. The molecule has 0 spiro atoms. The van der Waals surface area contributed by atoms with Crippen molar-refractivity contribution in [1.29, 1.82) is 0 Å². The van der Waals surface area contributed by atoms with E-state index in [-0.39, 0.29) is 0 Å². The predicted octanol–water partition coefficient (Wildman–Crippen LogP) is 1.35. The first-order chi connectivity index (χ1) is 7.18. The molecule has 1 heterocycles. The minimum Gasteiger partial charge on any atom is -0.399 e. The largest absolute Gasteiger partial charge is 0.399 e. The Morgan fingerprint density at radius 2 is 2.07 bits per heavy atom. The van der Waals surface area contributed by atoms with Gasteiger partial charge in [-0.05, 0) is 30.5 Å². The van der Waals surface area contributed by atoms with Gasteiger partial charge >= 0.3 is 0 Å². The van der Waals surface area contributed by atoms with Gasteiger partial charge in [-0.3, -0.25) is 0 Å². The molecule has 1 aromatic rings. The van der Waals surface area contributed by atoms with Crippen LogP contribution >= 0.6 is 0 Å². The summed E-state index contributed by atoms with van der Waals surface area (Å²) >= 11 is 0. The summed E-state index contributed by atoms with van der Waals surface area (Å²) in [6.07, 6.45) is 2.09. The van der Waals surface area contributed by atoms with Crippen molar-refractivity contribution in [2.24, 2.45) is 0 Å². The molecule has 15 heavy (non-hydrogen) atoms. The third-order valence-corrected chi connectivity index (χ3v) is 2.91. The van der Waals surface area contributed by atoms with Crippen LogP contribution in [0.2, 0.25) is 0 Å². The quantitative estimate of drug-likeness (QED) is 0.720. The van der Waals surface area contributed by atoms with E-state index in [0.717, 1.165) is 11.3 Å². The molecule has 3 heteroatoms. The number of hydrogen-bond donors (Lipinski definition) is 2. The average molecular weight is 207 g/mol. The molecule has 0 bridgehead atoms. The van der Waals surface area contributed by atoms with Gasteiger partial charge in [0.1, 0.15) is 0 Å². The number of ether oxygens (including phenoxy) is 1. The van der Waals surface area contributed by atoms with Crippen LogP contribution < -0.4 is 5.73 Å². The summed E-state index contributed by atoms with van der Waals surface area (Å²) in [5.41, 5.74) is 6.94. The van der Waals surface area contributed by atoms with Gasteiger partial charge in [0, 0.05) is 25.3 Å². The van der Waals surface area contributed by atoms with E-state index in [9.17, 15) is 5.11 Å². The Labute approximate surface area is 89.9 Å². The Bertz CT molecular complexity index is 332. The van der Waals surface area contributed by atoms with Gasteiger partial charge in [-0.25, -0.2) is 0 Å². The van der Waals surface area contributed by atoms with E-state index in [0.29, 0.717) is 32.5 Å². The molecule has 3 nitrogen and oxygen atoms in total. The van der Waals surface area contributed by atoms with Crippen molar-refractivity contribution < 1.29 is 9.84 Å². The minimum absolute atomic E-state index is 0.605. The minimum atomic E-state index is -0.605. The standard InChI is InChI=1S/C12H17NO2/c13-11-3-1-2-10(8-11)9-12(14)4-6-15-7-5-12/h1-3,8,14H,4-7,9,13H2. The van der Waals surface area contributed by atoms with Gasteiger partial charge < -0.3 is 15.6 Å². The van der Waals surface area contributed by atoms with E-state index >= 15 is 0 Å². The van der Waals surface area contributed by atoms with Crippen LogP contribution in [0.5, 0.6) is 0 Å². The first-order valence-corrected chi connectivity index (χ1v) is 5.33. The number of nitrogen functional groups attached to an aromatic ring is 1. The van der Waals surface area contributed by atoms with Gasteiger partial charge in [0.2, 0.25) is 0 Å². The topological polar surface area (TPSA) is 55.5 Å². The fraction of sp³-hybridized carbons (Fsp3) is 0.500. The van der Waals surface area contributed by atoms with Gasteiger partial charge in [0.25, 0.3) is 0 Å². The van der Waals surface area contributed by atoms with E-state index in [1.165, 1.54) is 0 Å². The molecule has 0 radical (unpaired) electrons. The summed E-state index contributed by atoms with van der Waals surface area (Å²) < 4.78 is 5.24. The SMILES string of the molecule is Nc1cccc(CC2(O)CCOCC2)c1. The fourth-order valence-corrected chi connectivity index (χ4v) is 2.01. The maximum absolute atomic E-state index is 10.3. The van der Waals surface area contributed by atoms with Gasteiger partial charge in [-0.15, -0.1) is 0 Å². The van der Waals surface area contributed by atoms with Crippen LogP contribution in [-0.4, -0.2) is 23.9 Å². The highest BCUT2D eigenvalue weighted by Gasteiger charge is 2.29. The van der Waals surface area contributed by atoms with E-state index in [4.69, 9.17) is 10.5 Å². The zero-order chi connectivity index (χ0) is 10.7. The highest BCUT2D eigenvalue weighted by atomic mass is 16.5. The molecule has 0 aliphatic carbocycles. The van der Waals surface area contributed by atoms with Gasteiger partial charge in [0.05, 0.1) is 5.60 Å². The molecule has 0 amide bonds. The van der Waals surface area contributed by atoms with Crippen molar-refractivity contribution in [2.75, 3.05) is 18.9 Å². The molecule has 0 saturated carbocycles. The molecule has 0 aromatic heterocycles. The van der Waals surface area contributed by atoms with Crippen LogP contribution in [0.4, 0.5) is 5.69 Å². The monoisotopic (exact) mass is 207 g/mol. The van der Waals surface area contributed by atoms with E-state index in [1.807, 2.05) is 24.3 Å². The molecular formula is C12H17NO2. The lowest BCUT2D eigenvalue weighted by Crippen LogP contribution is -2.38. The Morgan fingerprint density at radius 1 is 1.33 bits per heavy atom. The lowest BCUT2D eigenvalue weighted by molar-refractivity contribution is -0.0625. The summed E-state index contributed by atoms with van der Waals surface area (Å²) in [4.78, 5) is 0. The fourth-order valence-electron chi connectivity index (χ4n) is 2.01.